The molecule has 0 aliphatic heterocycles. The number of halogens is 1. The third-order valence-electron chi connectivity index (χ3n) is 1.86. The van der Waals surface area contributed by atoms with Gasteiger partial charge in [-0.3, -0.25) is 0 Å². The summed E-state index contributed by atoms with van der Waals surface area (Å²) in [6, 6.07) is 4.06. The molecule has 0 radical (unpaired) electrons. The number of rotatable bonds is 4. The molecule has 1 aromatic carbocycles. The highest BCUT2D eigenvalue weighted by molar-refractivity contribution is 5.89. The molecule has 16 heavy (non-hydrogen) atoms. The SMILES string of the molecule is O=C(Nc1cccc(F)c1)NC(CO)CO. The van der Waals surface area contributed by atoms with E-state index in [1.807, 2.05) is 0 Å². The largest absolute Gasteiger partial charge is 0.394 e. The topological polar surface area (TPSA) is 81.6 Å². The van der Waals surface area contributed by atoms with Gasteiger partial charge in [-0.25, -0.2) is 9.18 Å². The second-order valence-corrected chi connectivity index (χ2v) is 3.17. The van der Waals surface area contributed by atoms with E-state index >= 15 is 0 Å². The van der Waals surface area contributed by atoms with Crippen LogP contribution in [0.15, 0.2) is 24.3 Å². The second-order valence-electron chi connectivity index (χ2n) is 3.17. The summed E-state index contributed by atoms with van der Waals surface area (Å²) < 4.78 is 12.8. The Morgan fingerprint density at radius 2 is 2.06 bits per heavy atom. The highest BCUT2D eigenvalue weighted by atomic mass is 19.1. The van der Waals surface area contributed by atoms with E-state index in [9.17, 15) is 9.18 Å². The lowest BCUT2D eigenvalue weighted by atomic mass is 10.3. The Bertz CT molecular complexity index is 356. The van der Waals surface area contributed by atoms with Crippen molar-refractivity contribution in [3.63, 3.8) is 0 Å². The Balaban J connectivity index is 2.51. The molecule has 1 aromatic rings. The van der Waals surface area contributed by atoms with E-state index in [1.54, 1.807) is 0 Å². The number of aliphatic hydroxyl groups excluding tert-OH is 2. The highest BCUT2D eigenvalue weighted by Gasteiger charge is 2.09. The minimum Gasteiger partial charge on any atom is -0.394 e. The number of aliphatic hydroxyl groups is 2. The van der Waals surface area contributed by atoms with Crippen molar-refractivity contribution in [2.45, 2.75) is 6.04 Å². The van der Waals surface area contributed by atoms with Crippen molar-refractivity contribution in [1.82, 2.24) is 5.32 Å². The van der Waals surface area contributed by atoms with Crippen molar-refractivity contribution in [3.8, 4) is 0 Å². The van der Waals surface area contributed by atoms with E-state index in [2.05, 4.69) is 10.6 Å². The van der Waals surface area contributed by atoms with Crippen molar-refractivity contribution in [2.24, 2.45) is 0 Å². The molecule has 1 rings (SSSR count). The molecule has 0 bridgehead atoms. The predicted octanol–water partition coefficient (Wildman–Crippen LogP) is 0.300. The maximum Gasteiger partial charge on any atom is 0.319 e. The lowest BCUT2D eigenvalue weighted by Crippen LogP contribution is -2.42. The van der Waals surface area contributed by atoms with Crippen LogP contribution in [-0.2, 0) is 0 Å². The van der Waals surface area contributed by atoms with Crippen LogP contribution in [0.25, 0.3) is 0 Å². The molecule has 2 amide bonds. The predicted molar refractivity (Wildman–Crippen MR) is 56.5 cm³/mol. The normalized spacial score (nSPS) is 10.2. The molecule has 0 saturated heterocycles. The van der Waals surface area contributed by atoms with Gasteiger partial charge in [-0.2, -0.15) is 0 Å². The molecule has 0 spiro atoms. The molecule has 0 aliphatic carbocycles. The Morgan fingerprint density at radius 1 is 1.38 bits per heavy atom. The van der Waals surface area contributed by atoms with Crippen LogP contribution in [0.1, 0.15) is 0 Å². The van der Waals surface area contributed by atoms with Crippen molar-refractivity contribution in [3.05, 3.63) is 30.1 Å². The number of amides is 2. The standard InChI is InChI=1S/C10H13FN2O3/c11-7-2-1-3-8(4-7)12-10(16)13-9(5-14)6-15/h1-4,9,14-15H,5-6H2,(H2,12,13,16). The van der Waals surface area contributed by atoms with Gasteiger partial charge in [0.25, 0.3) is 0 Å². The maximum atomic E-state index is 12.8. The van der Waals surface area contributed by atoms with E-state index in [4.69, 9.17) is 10.2 Å². The summed E-state index contributed by atoms with van der Waals surface area (Å²) in [6.45, 7) is -0.736. The molecule has 0 aromatic heterocycles. The zero-order chi connectivity index (χ0) is 12.0. The minimum atomic E-state index is -0.728. The second kappa shape index (κ2) is 6.04. The number of anilines is 1. The van der Waals surface area contributed by atoms with Crippen molar-refractivity contribution >= 4 is 11.7 Å². The van der Waals surface area contributed by atoms with Crippen molar-refractivity contribution in [1.29, 1.82) is 0 Å². The number of hydrogen-bond donors (Lipinski definition) is 4. The van der Waals surface area contributed by atoms with Gasteiger partial charge in [0, 0.05) is 5.69 Å². The number of nitrogens with one attached hydrogen (secondary N) is 2. The van der Waals surface area contributed by atoms with Crippen LogP contribution < -0.4 is 10.6 Å². The average Bonchev–Trinajstić information content (AvgIpc) is 2.26. The molecule has 5 nitrogen and oxygen atoms in total. The van der Waals surface area contributed by atoms with E-state index < -0.39 is 17.9 Å². The molecule has 6 heteroatoms. The summed E-state index contributed by atoms with van der Waals surface area (Å²) in [5, 5.41) is 22.1. The van der Waals surface area contributed by atoms with Gasteiger partial charge in [0.2, 0.25) is 0 Å². The molecule has 0 saturated carbocycles. The summed E-state index contributed by atoms with van der Waals surface area (Å²) in [6.07, 6.45) is 0. The van der Waals surface area contributed by atoms with Gasteiger partial charge in [-0.05, 0) is 18.2 Å². The van der Waals surface area contributed by atoms with E-state index in [0.717, 1.165) is 6.07 Å². The summed E-state index contributed by atoms with van der Waals surface area (Å²) in [5.74, 6) is -0.460. The molecule has 0 unspecified atom stereocenters. The molecular weight excluding hydrogens is 215 g/mol. The van der Waals surface area contributed by atoms with Gasteiger partial charge in [0.15, 0.2) is 0 Å². The molecule has 0 atom stereocenters. The summed E-state index contributed by atoms with van der Waals surface area (Å²) >= 11 is 0. The number of carbonyl (C=O) groups excluding carboxylic acids is 1. The zero-order valence-corrected chi connectivity index (χ0v) is 8.48. The summed E-state index contributed by atoms with van der Waals surface area (Å²) in [5.41, 5.74) is 0.298. The van der Waals surface area contributed by atoms with Gasteiger partial charge in [-0.15, -0.1) is 0 Å². The number of hydrogen-bond acceptors (Lipinski definition) is 3. The van der Waals surface area contributed by atoms with Crippen molar-refractivity contribution < 1.29 is 19.4 Å². The first-order valence-electron chi connectivity index (χ1n) is 4.70. The molecular formula is C10H13FN2O3. The van der Waals surface area contributed by atoms with Crippen LogP contribution in [0.2, 0.25) is 0 Å². The Morgan fingerprint density at radius 3 is 2.62 bits per heavy atom. The van der Waals surface area contributed by atoms with Crippen LogP contribution in [0, 0.1) is 5.82 Å². The van der Waals surface area contributed by atoms with Gasteiger partial charge in [0.1, 0.15) is 5.82 Å². The van der Waals surface area contributed by atoms with Gasteiger partial charge < -0.3 is 20.8 Å². The molecule has 0 fully saturated rings. The first-order valence-corrected chi connectivity index (χ1v) is 4.70. The van der Waals surface area contributed by atoms with E-state index in [1.165, 1.54) is 18.2 Å². The van der Waals surface area contributed by atoms with Gasteiger partial charge >= 0.3 is 6.03 Å². The maximum absolute atomic E-state index is 12.8. The number of urea groups is 1. The first kappa shape index (κ1) is 12.4. The van der Waals surface area contributed by atoms with Crippen LogP contribution in [0.4, 0.5) is 14.9 Å². The third kappa shape index (κ3) is 3.84. The Hall–Kier alpha value is -1.66. The summed E-state index contributed by atoms with van der Waals surface area (Å²) in [7, 11) is 0. The lowest BCUT2D eigenvalue weighted by Gasteiger charge is -2.13. The smallest absolute Gasteiger partial charge is 0.319 e. The fourth-order valence-electron chi connectivity index (χ4n) is 1.07. The fourth-order valence-corrected chi connectivity index (χ4v) is 1.07. The average molecular weight is 228 g/mol. The Labute approximate surface area is 91.9 Å². The quantitative estimate of drug-likeness (QED) is 0.598. The van der Waals surface area contributed by atoms with Crippen molar-refractivity contribution in [2.75, 3.05) is 18.5 Å². The lowest BCUT2D eigenvalue weighted by molar-refractivity contribution is 0.172. The fraction of sp³-hybridized carbons (Fsp3) is 0.300. The minimum absolute atomic E-state index is 0.298. The molecule has 0 heterocycles. The molecule has 4 N–H and O–H groups in total. The zero-order valence-electron chi connectivity index (χ0n) is 8.48. The van der Waals surface area contributed by atoms with E-state index in [0.29, 0.717) is 5.69 Å². The van der Waals surface area contributed by atoms with Crippen LogP contribution >= 0.6 is 0 Å². The number of benzene rings is 1. The highest BCUT2D eigenvalue weighted by Crippen LogP contribution is 2.08. The first-order chi connectivity index (χ1) is 7.65. The third-order valence-corrected chi connectivity index (χ3v) is 1.86. The van der Waals surface area contributed by atoms with Gasteiger partial charge in [-0.1, -0.05) is 6.07 Å². The molecule has 88 valence electrons. The van der Waals surface area contributed by atoms with Gasteiger partial charge in [0.05, 0.1) is 19.3 Å². The number of carbonyl (C=O) groups is 1. The Kier molecular flexibility index (Phi) is 4.68. The van der Waals surface area contributed by atoms with Crippen LogP contribution in [0.3, 0.4) is 0 Å². The van der Waals surface area contributed by atoms with Crippen LogP contribution in [-0.4, -0.2) is 35.5 Å². The summed E-state index contributed by atoms with van der Waals surface area (Å²) in [4.78, 5) is 11.3. The van der Waals surface area contributed by atoms with E-state index in [-0.39, 0.29) is 13.2 Å². The monoisotopic (exact) mass is 228 g/mol. The van der Waals surface area contributed by atoms with Crippen LogP contribution in [0.5, 0.6) is 0 Å². The molecule has 0 aliphatic rings.